The Hall–Kier alpha value is -1.20. The summed E-state index contributed by atoms with van der Waals surface area (Å²) in [5.74, 6) is 0. The van der Waals surface area contributed by atoms with Crippen molar-refractivity contribution in [2.24, 2.45) is 0 Å². The maximum atomic E-state index is 12.4. The van der Waals surface area contributed by atoms with Crippen molar-refractivity contribution in [2.45, 2.75) is 36.6 Å². The van der Waals surface area contributed by atoms with Gasteiger partial charge in [-0.05, 0) is 37.3 Å². The van der Waals surface area contributed by atoms with Crippen molar-refractivity contribution in [2.75, 3.05) is 24.7 Å². The van der Waals surface area contributed by atoms with Gasteiger partial charge in [-0.2, -0.15) is 0 Å². The molecule has 4 nitrogen and oxygen atoms in total. The van der Waals surface area contributed by atoms with E-state index in [1.165, 1.54) is 0 Å². The molecule has 1 heterocycles. The quantitative estimate of drug-likeness (QED) is 0.842. The van der Waals surface area contributed by atoms with Crippen molar-refractivity contribution < 1.29 is 9.90 Å². The fraction of sp³-hybridized carbons (Fsp3) is 0.533. The number of likely N-dealkylation sites (tertiary alicyclic amines) is 1. The average molecular weight is 294 g/mol. The topological polar surface area (TPSA) is 52.6 Å². The van der Waals surface area contributed by atoms with Crippen LogP contribution < -0.4 is 5.32 Å². The molecule has 1 aromatic carbocycles. The predicted octanol–water partition coefficient (Wildman–Crippen LogP) is 3.18. The van der Waals surface area contributed by atoms with E-state index in [4.69, 9.17) is 0 Å². The number of carbonyl (C=O) groups excluding carboxylic acids is 1. The monoisotopic (exact) mass is 294 g/mol. The molecule has 0 bridgehead atoms. The number of nitrogens with zero attached hydrogens (tertiary/aromatic N) is 1. The van der Waals surface area contributed by atoms with Crippen LogP contribution in [0.25, 0.3) is 0 Å². The number of urea groups is 1. The van der Waals surface area contributed by atoms with Gasteiger partial charge in [-0.1, -0.05) is 18.9 Å². The first kappa shape index (κ1) is 15.2. The second-order valence-corrected chi connectivity index (χ2v) is 5.92. The van der Waals surface area contributed by atoms with Gasteiger partial charge in [0.2, 0.25) is 0 Å². The molecule has 1 atom stereocenters. The number of amides is 2. The number of carbonyl (C=O) groups is 1. The van der Waals surface area contributed by atoms with Crippen LogP contribution in [0.2, 0.25) is 0 Å². The maximum Gasteiger partial charge on any atom is 0.322 e. The van der Waals surface area contributed by atoms with Gasteiger partial charge in [0.1, 0.15) is 0 Å². The van der Waals surface area contributed by atoms with Gasteiger partial charge in [0.25, 0.3) is 0 Å². The summed E-state index contributed by atoms with van der Waals surface area (Å²) in [4.78, 5) is 15.3. The van der Waals surface area contributed by atoms with Gasteiger partial charge in [-0.3, -0.25) is 0 Å². The summed E-state index contributed by atoms with van der Waals surface area (Å²) in [5, 5.41) is 12.4. The maximum absolute atomic E-state index is 12.4. The van der Waals surface area contributed by atoms with Crippen molar-refractivity contribution in [1.82, 2.24) is 4.90 Å². The van der Waals surface area contributed by atoms with Crippen LogP contribution in [-0.2, 0) is 0 Å². The van der Waals surface area contributed by atoms with Crippen LogP contribution in [0.5, 0.6) is 0 Å². The zero-order chi connectivity index (χ0) is 14.4. The van der Waals surface area contributed by atoms with Gasteiger partial charge in [0.05, 0.1) is 12.6 Å². The van der Waals surface area contributed by atoms with E-state index in [0.717, 1.165) is 42.8 Å². The standard InChI is InChI=1S/C15H22N2O2S/c1-20-14-8-5-6-12(10-14)16-15(19)17-9-4-2-3-7-13(17)11-18/h5-6,8,10,13,18H,2-4,7,9,11H2,1H3,(H,16,19)/t13-/m1/s1. The van der Waals surface area contributed by atoms with Crippen molar-refractivity contribution in [3.63, 3.8) is 0 Å². The number of anilines is 1. The van der Waals surface area contributed by atoms with Crippen molar-refractivity contribution in [3.05, 3.63) is 24.3 Å². The molecule has 0 radical (unpaired) electrons. The Morgan fingerprint density at radius 2 is 2.30 bits per heavy atom. The van der Waals surface area contributed by atoms with Gasteiger partial charge in [0.15, 0.2) is 0 Å². The van der Waals surface area contributed by atoms with Gasteiger partial charge < -0.3 is 15.3 Å². The molecule has 0 unspecified atom stereocenters. The molecule has 2 N–H and O–H groups in total. The third kappa shape index (κ3) is 3.90. The minimum atomic E-state index is -0.107. The summed E-state index contributed by atoms with van der Waals surface area (Å²) in [7, 11) is 0. The van der Waals surface area contributed by atoms with Crippen molar-refractivity contribution in [1.29, 1.82) is 0 Å². The third-order valence-electron chi connectivity index (χ3n) is 3.67. The molecule has 0 aromatic heterocycles. The molecule has 1 aliphatic heterocycles. The fourth-order valence-electron chi connectivity index (χ4n) is 2.53. The van der Waals surface area contributed by atoms with E-state index in [0.29, 0.717) is 0 Å². The first-order valence-electron chi connectivity index (χ1n) is 7.07. The van der Waals surface area contributed by atoms with Gasteiger partial charge >= 0.3 is 6.03 Å². The van der Waals surface area contributed by atoms with Crippen LogP contribution in [-0.4, -0.2) is 41.5 Å². The summed E-state index contributed by atoms with van der Waals surface area (Å²) >= 11 is 1.65. The largest absolute Gasteiger partial charge is 0.394 e. The number of hydrogen-bond acceptors (Lipinski definition) is 3. The van der Waals surface area contributed by atoms with Crippen LogP contribution in [0, 0.1) is 0 Å². The molecule has 0 aliphatic carbocycles. The molecule has 110 valence electrons. The molecule has 0 spiro atoms. The molecule has 5 heteroatoms. The van der Waals surface area contributed by atoms with E-state index < -0.39 is 0 Å². The van der Waals surface area contributed by atoms with Crippen LogP contribution in [0.3, 0.4) is 0 Å². The Morgan fingerprint density at radius 3 is 3.05 bits per heavy atom. The zero-order valence-electron chi connectivity index (χ0n) is 11.8. The molecular weight excluding hydrogens is 272 g/mol. The van der Waals surface area contributed by atoms with Crippen LogP contribution in [0.4, 0.5) is 10.5 Å². The number of thioether (sulfide) groups is 1. The highest BCUT2D eigenvalue weighted by molar-refractivity contribution is 7.98. The van der Waals surface area contributed by atoms with E-state index in [-0.39, 0.29) is 18.7 Å². The Balaban J connectivity index is 2.05. The SMILES string of the molecule is CSc1cccc(NC(=O)N2CCCCC[C@@H]2CO)c1. The summed E-state index contributed by atoms with van der Waals surface area (Å²) in [6, 6.07) is 7.65. The first-order valence-corrected chi connectivity index (χ1v) is 8.29. The number of nitrogens with one attached hydrogen (secondary N) is 1. The fourth-order valence-corrected chi connectivity index (χ4v) is 2.99. The summed E-state index contributed by atoms with van der Waals surface area (Å²) < 4.78 is 0. The molecule has 1 fully saturated rings. The number of aliphatic hydroxyl groups excluding tert-OH is 1. The number of rotatable bonds is 3. The zero-order valence-corrected chi connectivity index (χ0v) is 12.7. The van der Waals surface area contributed by atoms with E-state index in [9.17, 15) is 9.90 Å². The van der Waals surface area contributed by atoms with E-state index in [2.05, 4.69) is 5.32 Å². The molecule has 0 saturated carbocycles. The Morgan fingerprint density at radius 1 is 1.45 bits per heavy atom. The van der Waals surface area contributed by atoms with Crippen LogP contribution in [0.1, 0.15) is 25.7 Å². The van der Waals surface area contributed by atoms with E-state index >= 15 is 0 Å². The Kier molecular flexibility index (Phi) is 5.73. The lowest BCUT2D eigenvalue weighted by Crippen LogP contribution is -2.44. The predicted molar refractivity (Wildman–Crippen MR) is 83.3 cm³/mol. The summed E-state index contributed by atoms with van der Waals surface area (Å²) in [6.45, 7) is 0.761. The third-order valence-corrected chi connectivity index (χ3v) is 4.40. The number of aliphatic hydroxyl groups is 1. The summed E-state index contributed by atoms with van der Waals surface area (Å²) in [6.07, 6.45) is 6.11. The number of hydrogen-bond donors (Lipinski definition) is 2. The molecule has 1 saturated heterocycles. The van der Waals surface area contributed by atoms with E-state index in [1.807, 2.05) is 30.5 Å². The van der Waals surface area contributed by atoms with Crippen molar-refractivity contribution >= 4 is 23.5 Å². The van der Waals surface area contributed by atoms with Gasteiger partial charge in [0, 0.05) is 17.1 Å². The molecule has 1 aliphatic rings. The minimum absolute atomic E-state index is 0.0400. The Bertz CT molecular complexity index is 453. The van der Waals surface area contributed by atoms with Gasteiger partial charge in [-0.15, -0.1) is 11.8 Å². The first-order chi connectivity index (χ1) is 9.74. The lowest BCUT2D eigenvalue weighted by molar-refractivity contribution is 0.142. The summed E-state index contributed by atoms with van der Waals surface area (Å²) in [5.41, 5.74) is 0.808. The lowest BCUT2D eigenvalue weighted by Gasteiger charge is -2.28. The molecule has 2 rings (SSSR count). The second kappa shape index (κ2) is 7.55. The van der Waals surface area contributed by atoms with Crippen LogP contribution >= 0.6 is 11.8 Å². The van der Waals surface area contributed by atoms with Gasteiger partial charge in [-0.25, -0.2) is 4.79 Å². The highest BCUT2D eigenvalue weighted by Crippen LogP contribution is 2.21. The van der Waals surface area contributed by atoms with Crippen molar-refractivity contribution in [3.8, 4) is 0 Å². The van der Waals surface area contributed by atoms with Crippen LogP contribution in [0.15, 0.2) is 29.2 Å². The molecule has 1 aromatic rings. The molecule has 2 amide bonds. The minimum Gasteiger partial charge on any atom is -0.394 e. The lowest BCUT2D eigenvalue weighted by atomic mass is 10.1. The Labute approximate surface area is 124 Å². The highest BCUT2D eigenvalue weighted by Gasteiger charge is 2.24. The molecular formula is C15H22N2O2S. The van der Waals surface area contributed by atoms with E-state index in [1.54, 1.807) is 16.7 Å². The smallest absolute Gasteiger partial charge is 0.322 e. The molecule has 20 heavy (non-hydrogen) atoms. The second-order valence-electron chi connectivity index (χ2n) is 5.04. The normalized spacial score (nSPS) is 19.5. The average Bonchev–Trinajstić information content (AvgIpc) is 2.72. The highest BCUT2D eigenvalue weighted by atomic mass is 32.2. The number of benzene rings is 1.